The molecule has 0 saturated carbocycles. The van der Waals surface area contributed by atoms with Crippen molar-refractivity contribution in [3.63, 3.8) is 0 Å². The van der Waals surface area contributed by atoms with Crippen molar-refractivity contribution in [1.29, 1.82) is 5.26 Å². The molecular formula is C19H21NO3. The number of rotatable bonds is 8. The standard InChI is InChI=1S/C19H21NO3/c1-21-17-8-3-6-15(12-17)16(14-20)7-5-11-23-19-10-4-9-18(13-19)22-2/h3-4,6,8-10,12-13,16H,5,7,11H2,1-2H3. The summed E-state index contributed by atoms with van der Waals surface area (Å²) in [5.41, 5.74) is 0.980. The molecule has 1 atom stereocenters. The van der Waals surface area contributed by atoms with E-state index in [0.717, 1.165) is 35.7 Å². The van der Waals surface area contributed by atoms with E-state index in [2.05, 4.69) is 6.07 Å². The Kier molecular flexibility index (Phi) is 6.31. The van der Waals surface area contributed by atoms with Crippen LogP contribution in [0.3, 0.4) is 0 Å². The minimum Gasteiger partial charge on any atom is -0.497 e. The number of ether oxygens (including phenoxy) is 3. The van der Waals surface area contributed by atoms with Crippen LogP contribution in [0.15, 0.2) is 48.5 Å². The summed E-state index contributed by atoms with van der Waals surface area (Å²) in [6.07, 6.45) is 1.54. The quantitative estimate of drug-likeness (QED) is 0.687. The van der Waals surface area contributed by atoms with Crippen molar-refractivity contribution in [2.45, 2.75) is 18.8 Å². The Bertz CT molecular complexity index is 664. The molecule has 120 valence electrons. The molecule has 4 nitrogen and oxygen atoms in total. The number of nitriles is 1. The fraction of sp³-hybridized carbons (Fsp3) is 0.316. The van der Waals surface area contributed by atoms with Gasteiger partial charge in [-0.15, -0.1) is 0 Å². The van der Waals surface area contributed by atoms with Crippen molar-refractivity contribution in [2.75, 3.05) is 20.8 Å². The first-order chi connectivity index (χ1) is 11.3. The van der Waals surface area contributed by atoms with Gasteiger partial charge in [0, 0.05) is 6.07 Å². The van der Waals surface area contributed by atoms with E-state index in [1.165, 1.54) is 0 Å². The highest BCUT2D eigenvalue weighted by Crippen LogP contribution is 2.25. The first kappa shape index (κ1) is 16.7. The highest BCUT2D eigenvalue weighted by atomic mass is 16.5. The van der Waals surface area contributed by atoms with Crippen LogP contribution in [0.1, 0.15) is 24.3 Å². The molecule has 2 aromatic rings. The molecule has 0 aromatic heterocycles. The van der Waals surface area contributed by atoms with Crippen LogP contribution in [0.4, 0.5) is 0 Å². The summed E-state index contributed by atoms with van der Waals surface area (Å²) in [6.45, 7) is 0.565. The van der Waals surface area contributed by atoms with Gasteiger partial charge in [-0.3, -0.25) is 0 Å². The predicted molar refractivity (Wildman–Crippen MR) is 89.1 cm³/mol. The Hall–Kier alpha value is -2.67. The molecule has 0 saturated heterocycles. The molecule has 0 heterocycles. The van der Waals surface area contributed by atoms with Crippen molar-refractivity contribution in [3.05, 3.63) is 54.1 Å². The molecule has 2 rings (SSSR count). The summed E-state index contributed by atoms with van der Waals surface area (Å²) in [6, 6.07) is 17.5. The van der Waals surface area contributed by atoms with Gasteiger partial charge in [0.25, 0.3) is 0 Å². The molecule has 0 N–H and O–H groups in total. The van der Waals surface area contributed by atoms with Crippen molar-refractivity contribution in [2.24, 2.45) is 0 Å². The van der Waals surface area contributed by atoms with E-state index in [-0.39, 0.29) is 5.92 Å². The van der Waals surface area contributed by atoms with Crippen LogP contribution < -0.4 is 14.2 Å². The maximum Gasteiger partial charge on any atom is 0.122 e. The average molecular weight is 311 g/mol. The van der Waals surface area contributed by atoms with Crippen molar-refractivity contribution >= 4 is 0 Å². The smallest absolute Gasteiger partial charge is 0.122 e. The Morgan fingerprint density at radius 2 is 1.61 bits per heavy atom. The van der Waals surface area contributed by atoms with E-state index in [1.807, 2.05) is 48.5 Å². The maximum atomic E-state index is 9.38. The highest BCUT2D eigenvalue weighted by molar-refractivity contribution is 5.34. The second kappa shape index (κ2) is 8.70. The number of nitrogens with zero attached hydrogens (tertiary/aromatic N) is 1. The zero-order valence-electron chi connectivity index (χ0n) is 13.5. The molecule has 0 spiro atoms. The topological polar surface area (TPSA) is 51.5 Å². The van der Waals surface area contributed by atoms with E-state index in [1.54, 1.807) is 14.2 Å². The van der Waals surface area contributed by atoms with Gasteiger partial charge in [0.05, 0.1) is 32.8 Å². The van der Waals surface area contributed by atoms with Gasteiger partial charge in [0.15, 0.2) is 0 Å². The predicted octanol–water partition coefficient (Wildman–Crippen LogP) is 4.17. The summed E-state index contributed by atoms with van der Waals surface area (Å²) in [5, 5.41) is 9.38. The molecule has 0 bridgehead atoms. The summed E-state index contributed by atoms with van der Waals surface area (Å²) in [5.74, 6) is 2.17. The molecule has 1 unspecified atom stereocenters. The largest absolute Gasteiger partial charge is 0.497 e. The molecule has 23 heavy (non-hydrogen) atoms. The minimum absolute atomic E-state index is 0.154. The fourth-order valence-corrected chi connectivity index (χ4v) is 2.33. The van der Waals surface area contributed by atoms with E-state index < -0.39 is 0 Å². The molecule has 0 aliphatic carbocycles. The number of benzene rings is 2. The lowest BCUT2D eigenvalue weighted by Crippen LogP contribution is -2.02. The van der Waals surface area contributed by atoms with E-state index in [9.17, 15) is 5.26 Å². The van der Waals surface area contributed by atoms with Crippen molar-refractivity contribution in [3.8, 4) is 23.3 Å². The molecular weight excluding hydrogens is 290 g/mol. The van der Waals surface area contributed by atoms with Crippen molar-refractivity contribution < 1.29 is 14.2 Å². The van der Waals surface area contributed by atoms with Crippen molar-refractivity contribution in [1.82, 2.24) is 0 Å². The van der Waals surface area contributed by atoms with Crippen LogP contribution in [0.5, 0.6) is 17.2 Å². The monoisotopic (exact) mass is 311 g/mol. The van der Waals surface area contributed by atoms with Crippen LogP contribution in [-0.2, 0) is 0 Å². The van der Waals surface area contributed by atoms with Gasteiger partial charge >= 0.3 is 0 Å². The number of hydrogen-bond donors (Lipinski definition) is 0. The SMILES string of the molecule is COc1cccc(OCCCC(C#N)c2cccc(OC)c2)c1. The molecule has 0 amide bonds. The third-order valence-corrected chi connectivity index (χ3v) is 3.60. The molecule has 0 fully saturated rings. The normalized spacial score (nSPS) is 11.3. The molecule has 2 aromatic carbocycles. The second-order valence-electron chi connectivity index (χ2n) is 5.13. The second-order valence-corrected chi connectivity index (χ2v) is 5.13. The van der Waals surface area contributed by atoms with Crippen LogP contribution in [-0.4, -0.2) is 20.8 Å². The highest BCUT2D eigenvalue weighted by Gasteiger charge is 2.11. The number of methoxy groups -OCH3 is 2. The van der Waals surface area contributed by atoms with Crippen LogP contribution >= 0.6 is 0 Å². The summed E-state index contributed by atoms with van der Waals surface area (Å²) >= 11 is 0. The zero-order chi connectivity index (χ0) is 16.5. The van der Waals surface area contributed by atoms with Gasteiger partial charge in [-0.2, -0.15) is 5.26 Å². The van der Waals surface area contributed by atoms with Gasteiger partial charge in [0.2, 0.25) is 0 Å². The Morgan fingerprint density at radius 3 is 2.30 bits per heavy atom. The zero-order valence-corrected chi connectivity index (χ0v) is 13.5. The third-order valence-electron chi connectivity index (χ3n) is 3.60. The molecule has 0 aliphatic rings. The molecule has 0 radical (unpaired) electrons. The first-order valence-electron chi connectivity index (χ1n) is 7.57. The summed E-state index contributed by atoms with van der Waals surface area (Å²) in [7, 11) is 3.26. The van der Waals surface area contributed by atoms with Gasteiger partial charge in [0.1, 0.15) is 17.2 Å². The Morgan fingerprint density at radius 1 is 0.957 bits per heavy atom. The lowest BCUT2D eigenvalue weighted by atomic mass is 9.96. The lowest BCUT2D eigenvalue weighted by molar-refractivity contribution is 0.302. The van der Waals surface area contributed by atoms with Gasteiger partial charge in [-0.25, -0.2) is 0 Å². The van der Waals surface area contributed by atoms with Crippen LogP contribution in [0, 0.1) is 11.3 Å². The van der Waals surface area contributed by atoms with Crippen LogP contribution in [0.2, 0.25) is 0 Å². The fourth-order valence-electron chi connectivity index (χ4n) is 2.33. The van der Waals surface area contributed by atoms with Gasteiger partial charge in [-0.05, 0) is 42.7 Å². The minimum atomic E-state index is -0.154. The summed E-state index contributed by atoms with van der Waals surface area (Å²) in [4.78, 5) is 0. The first-order valence-corrected chi connectivity index (χ1v) is 7.57. The lowest BCUT2D eigenvalue weighted by Gasteiger charge is -2.12. The van der Waals surface area contributed by atoms with E-state index in [4.69, 9.17) is 14.2 Å². The Balaban J connectivity index is 1.85. The number of hydrogen-bond acceptors (Lipinski definition) is 4. The van der Waals surface area contributed by atoms with Crippen LogP contribution in [0.25, 0.3) is 0 Å². The van der Waals surface area contributed by atoms with Gasteiger partial charge in [-0.1, -0.05) is 18.2 Å². The van der Waals surface area contributed by atoms with Gasteiger partial charge < -0.3 is 14.2 Å². The summed E-state index contributed by atoms with van der Waals surface area (Å²) < 4.78 is 16.1. The average Bonchev–Trinajstić information content (AvgIpc) is 2.62. The third kappa shape index (κ3) is 4.93. The Labute approximate surface area is 137 Å². The molecule has 4 heteroatoms. The van der Waals surface area contributed by atoms with E-state index in [0.29, 0.717) is 6.61 Å². The van der Waals surface area contributed by atoms with E-state index >= 15 is 0 Å². The maximum absolute atomic E-state index is 9.38. The molecule has 0 aliphatic heterocycles.